The van der Waals surface area contributed by atoms with Crippen LogP contribution in [0.1, 0.15) is 6.42 Å². The van der Waals surface area contributed by atoms with Crippen molar-refractivity contribution >= 4 is 18.0 Å². The molecule has 1 aromatic rings. The van der Waals surface area contributed by atoms with Gasteiger partial charge in [0.15, 0.2) is 11.6 Å². The molecule has 1 rings (SSSR count). The number of hydrogen-bond donors (Lipinski definition) is 2. The van der Waals surface area contributed by atoms with Crippen LogP contribution in [0, 0.1) is 23.3 Å². The van der Waals surface area contributed by atoms with E-state index in [-0.39, 0.29) is 26.4 Å². The summed E-state index contributed by atoms with van der Waals surface area (Å²) in [5, 5.41) is 0. The minimum absolute atomic E-state index is 0.101. The van der Waals surface area contributed by atoms with E-state index in [0.29, 0.717) is 112 Å². The molecule has 3 N–H and O–H groups in total. The van der Waals surface area contributed by atoms with Gasteiger partial charge in [0, 0.05) is 18.6 Å². The van der Waals surface area contributed by atoms with Crippen molar-refractivity contribution in [1.29, 1.82) is 0 Å². The van der Waals surface area contributed by atoms with E-state index in [1.807, 2.05) is 0 Å². The van der Waals surface area contributed by atoms with Crippen molar-refractivity contribution < 1.29 is 79.0 Å². The first-order chi connectivity index (χ1) is 23.4. The fraction of sp³-hybridized carbons (Fsp3) is 0.759. The van der Waals surface area contributed by atoms with E-state index in [9.17, 15) is 22.4 Å². The molecule has 0 bridgehead atoms. The number of ether oxygens (including phenoxy) is 11. The molecule has 0 saturated heterocycles. The summed E-state index contributed by atoms with van der Waals surface area (Å²) in [6.45, 7) is 8.11. The molecule has 0 aromatic heterocycles. The number of carbonyl (C=O) groups excluding carboxylic acids is 1. The van der Waals surface area contributed by atoms with Gasteiger partial charge in [-0.3, -0.25) is 4.79 Å². The molecule has 0 heterocycles. The quantitative estimate of drug-likeness (QED) is 0.0265. The molecule has 0 aliphatic rings. The van der Waals surface area contributed by atoms with Gasteiger partial charge >= 0.3 is 5.97 Å². The van der Waals surface area contributed by atoms with Gasteiger partial charge in [0.25, 0.3) is 0 Å². The predicted octanol–water partition coefficient (Wildman–Crippen LogP) is 2.23. The van der Waals surface area contributed by atoms with Crippen LogP contribution < -0.4 is 10.5 Å². The largest absolute Gasteiger partial charge is 0.420 e. The van der Waals surface area contributed by atoms with Crippen molar-refractivity contribution in [1.82, 2.24) is 0 Å². The second-order valence-electron chi connectivity index (χ2n) is 9.14. The molecule has 0 atom stereocenters. The maximum Gasteiger partial charge on any atom is 0.313 e. The summed E-state index contributed by atoms with van der Waals surface area (Å²) in [5.74, 6) is -10.4. The molecule has 48 heavy (non-hydrogen) atoms. The van der Waals surface area contributed by atoms with Crippen LogP contribution in [0.2, 0.25) is 0 Å². The number of esters is 1. The highest BCUT2D eigenvalue weighted by molar-refractivity contribution is 7.93. The molecule has 280 valence electrons. The molecule has 0 saturated carbocycles. The van der Waals surface area contributed by atoms with Gasteiger partial charge in [0.05, 0.1) is 139 Å². The molecule has 1 aromatic carbocycles. The third-order valence-corrected chi connectivity index (χ3v) is 6.09. The number of halogens is 4. The van der Waals surface area contributed by atoms with E-state index in [4.69, 9.17) is 57.7 Å². The van der Waals surface area contributed by atoms with E-state index >= 15 is 0 Å². The summed E-state index contributed by atoms with van der Waals surface area (Å²) in [6.07, 6.45) is -0.445. The number of carbonyl (C=O) groups is 1. The minimum atomic E-state index is -1.94. The van der Waals surface area contributed by atoms with E-state index in [0.717, 1.165) is 0 Å². The van der Waals surface area contributed by atoms with Gasteiger partial charge in [-0.25, -0.2) is 8.78 Å². The molecule has 19 heteroatoms. The SMILES string of the molecule is NCCOCCOCCOCCOCCOCCOCCOCCOCCOCCOCCC(=O)Oc1c(F)c(F)c(SO)c(F)c1F. The van der Waals surface area contributed by atoms with E-state index in [1.165, 1.54) is 0 Å². The zero-order valence-electron chi connectivity index (χ0n) is 26.9. The number of rotatable bonds is 34. The molecule has 14 nitrogen and oxygen atoms in total. The number of hydrogen-bond acceptors (Lipinski definition) is 15. The predicted molar refractivity (Wildman–Crippen MR) is 162 cm³/mol. The Hall–Kier alpha value is -1.72. The maximum absolute atomic E-state index is 13.8. The third kappa shape index (κ3) is 22.1. The van der Waals surface area contributed by atoms with Crippen molar-refractivity contribution in [3.8, 4) is 5.75 Å². The molecular weight excluding hydrogens is 678 g/mol. The molecule has 0 aliphatic heterocycles. The summed E-state index contributed by atoms with van der Waals surface area (Å²) in [5.41, 5.74) is 5.31. The Morgan fingerprint density at radius 1 is 0.479 bits per heavy atom. The molecular formula is C29H47F4NO13S. The van der Waals surface area contributed by atoms with Crippen LogP contribution >= 0.6 is 12.0 Å². The van der Waals surface area contributed by atoms with Crippen molar-refractivity contribution in [3.05, 3.63) is 23.3 Å². The lowest BCUT2D eigenvalue weighted by atomic mass is 10.3. The van der Waals surface area contributed by atoms with Crippen LogP contribution in [0.5, 0.6) is 5.75 Å². The molecule has 0 unspecified atom stereocenters. The highest BCUT2D eigenvalue weighted by atomic mass is 32.2. The van der Waals surface area contributed by atoms with Gasteiger partial charge in [-0.05, 0) is 0 Å². The molecule has 0 fully saturated rings. The van der Waals surface area contributed by atoms with Crippen molar-refractivity contribution in [2.75, 3.05) is 139 Å². The van der Waals surface area contributed by atoms with Crippen LogP contribution in [-0.2, 0) is 52.2 Å². The summed E-state index contributed by atoms with van der Waals surface area (Å²) >= 11 is -0.516. The molecule has 0 radical (unpaired) electrons. The average Bonchev–Trinajstić information content (AvgIpc) is 3.08. The average molecular weight is 726 g/mol. The summed E-state index contributed by atoms with van der Waals surface area (Å²) in [7, 11) is 0. The van der Waals surface area contributed by atoms with Crippen LogP contribution in [0.3, 0.4) is 0 Å². The van der Waals surface area contributed by atoms with Crippen molar-refractivity contribution in [3.63, 3.8) is 0 Å². The van der Waals surface area contributed by atoms with Crippen LogP contribution in [-0.4, -0.2) is 149 Å². The van der Waals surface area contributed by atoms with Gasteiger partial charge < -0.3 is 62.4 Å². The lowest BCUT2D eigenvalue weighted by Gasteiger charge is -2.10. The first kappa shape index (κ1) is 44.3. The van der Waals surface area contributed by atoms with Crippen LogP contribution in [0.25, 0.3) is 0 Å². The topological polar surface area (TPSA) is 165 Å². The van der Waals surface area contributed by atoms with Crippen molar-refractivity contribution in [2.24, 2.45) is 5.73 Å². The smallest absolute Gasteiger partial charge is 0.313 e. The van der Waals surface area contributed by atoms with Crippen molar-refractivity contribution in [2.45, 2.75) is 11.3 Å². The highest BCUT2D eigenvalue weighted by Crippen LogP contribution is 2.34. The third-order valence-electron chi connectivity index (χ3n) is 5.55. The van der Waals surface area contributed by atoms with Crippen LogP contribution in [0.15, 0.2) is 4.90 Å². The minimum Gasteiger partial charge on any atom is -0.420 e. The fourth-order valence-corrected chi connectivity index (χ4v) is 3.59. The van der Waals surface area contributed by atoms with Gasteiger partial charge in [-0.2, -0.15) is 8.78 Å². The molecule has 0 spiro atoms. The highest BCUT2D eigenvalue weighted by Gasteiger charge is 2.28. The normalized spacial score (nSPS) is 11.5. The Balaban J connectivity index is 1.79. The van der Waals surface area contributed by atoms with Gasteiger partial charge in [0.1, 0.15) is 4.90 Å². The zero-order valence-corrected chi connectivity index (χ0v) is 27.7. The summed E-state index contributed by atoms with van der Waals surface area (Å²) < 4.78 is 121. The summed E-state index contributed by atoms with van der Waals surface area (Å²) in [6, 6.07) is 0. The fourth-order valence-electron chi connectivity index (χ4n) is 3.25. The van der Waals surface area contributed by atoms with E-state index < -0.39 is 58.3 Å². The van der Waals surface area contributed by atoms with E-state index in [2.05, 4.69) is 4.74 Å². The van der Waals surface area contributed by atoms with Gasteiger partial charge in [0.2, 0.25) is 17.4 Å². The Morgan fingerprint density at radius 2 is 0.750 bits per heavy atom. The summed E-state index contributed by atoms with van der Waals surface area (Å²) in [4.78, 5) is 10.5. The standard InChI is InChI=1S/C29H47F4NO13S/c30-24-26(32)29(48-36)27(33)25(31)28(24)47-23(35)1-3-37-5-7-39-9-11-41-13-15-43-17-19-45-21-22-46-20-18-44-16-14-42-12-10-40-8-6-38-4-2-34/h36H,1-22,34H2. The Morgan fingerprint density at radius 3 is 1.02 bits per heavy atom. The lowest BCUT2D eigenvalue weighted by Crippen LogP contribution is -2.16. The van der Waals surface area contributed by atoms with Crippen LogP contribution in [0.4, 0.5) is 17.6 Å². The second-order valence-corrected chi connectivity index (χ2v) is 9.73. The number of nitrogens with two attached hydrogens (primary N) is 1. The lowest BCUT2D eigenvalue weighted by molar-refractivity contribution is -0.136. The zero-order chi connectivity index (χ0) is 35.1. The van der Waals surface area contributed by atoms with Gasteiger partial charge in [-0.1, -0.05) is 0 Å². The van der Waals surface area contributed by atoms with E-state index in [1.54, 1.807) is 0 Å². The Kier molecular flexibility index (Phi) is 28.9. The number of benzene rings is 1. The second kappa shape index (κ2) is 31.3. The maximum atomic E-state index is 13.8. The Labute approximate surface area is 281 Å². The Bertz CT molecular complexity index is 930. The first-order valence-corrected chi connectivity index (χ1v) is 16.1. The first-order valence-electron chi connectivity index (χ1n) is 15.3. The van der Waals surface area contributed by atoms with Gasteiger partial charge in [-0.15, -0.1) is 0 Å². The monoisotopic (exact) mass is 725 g/mol. The molecule has 0 amide bonds. The molecule has 0 aliphatic carbocycles.